The van der Waals surface area contributed by atoms with Gasteiger partial charge in [0.2, 0.25) is 0 Å². The molecule has 5 aromatic rings. The minimum absolute atomic E-state index is 0.262. The molecule has 25 heavy (non-hydrogen) atoms. The second-order valence-corrected chi connectivity index (χ2v) is 6.49. The molecule has 0 aliphatic carbocycles. The number of hydrogen-bond donors (Lipinski definition) is 1. The second-order valence-electron chi connectivity index (χ2n) is 6.08. The molecule has 0 spiro atoms. The highest BCUT2D eigenvalue weighted by Crippen LogP contribution is 2.42. The number of rotatable bonds is 1. The summed E-state index contributed by atoms with van der Waals surface area (Å²) in [7, 11) is 0. The molecule has 0 saturated heterocycles. The summed E-state index contributed by atoms with van der Waals surface area (Å²) in [6.45, 7) is 0. The molecule has 1 heterocycles. The second kappa shape index (κ2) is 5.27. The van der Waals surface area contributed by atoms with Gasteiger partial charge in [-0.1, -0.05) is 66.2 Å². The van der Waals surface area contributed by atoms with E-state index in [0.29, 0.717) is 10.6 Å². The van der Waals surface area contributed by atoms with E-state index in [-0.39, 0.29) is 5.75 Å². The number of furan rings is 1. The molecule has 5 rings (SSSR count). The Morgan fingerprint density at radius 2 is 1.32 bits per heavy atom. The van der Waals surface area contributed by atoms with E-state index in [1.807, 2.05) is 60.7 Å². The summed E-state index contributed by atoms with van der Waals surface area (Å²) in [6, 6.07) is 23.3. The van der Waals surface area contributed by atoms with Gasteiger partial charge in [0.15, 0.2) is 5.58 Å². The molecule has 0 aliphatic rings. The monoisotopic (exact) mass is 344 g/mol. The zero-order chi connectivity index (χ0) is 17.0. The third kappa shape index (κ3) is 2.04. The summed E-state index contributed by atoms with van der Waals surface area (Å²) in [5, 5.41) is 15.0. The highest BCUT2D eigenvalue weighted by molar-refractivity contribution is 6.36. The van der Waals surface area contributed by atoms with E-state index in [2.05, 4.69) is 6.07 Å². The molecular formula is C22H13ClO2. The van der Waals surface area contributed by atoms with Crippen molar-refractivity contribution in [1.82, 2.24) is 0 Å². The fourth-order valence-corrected chi connectivity index (χ4v) is 3.72. The van der Waals surface area contributed by atoms with Gasteiger partial charge in [-0.25, -0.2) is 0 Å². The van der Waals surface area contributed by atoms with Gasteiger partial charge in [-0.15, -0.1) is 0 Å². The molecule has 0 radical (unpaired) electrons. The molecule has 1 aromatic heterocycles. The standard InChI is InChI=1S/C22H13ClO2/c23-19-10-5-9-16-18-12-17(14-7-3-4-11-20(14)24)13-6-1-2-8-15(13)21(18)25-22(16)19/h1-12,24H. The van der Waals surface area contributed by atoms with Crippen LogP contribution in [0.5, 0.6) is 5.75 Å². The molecular weight excluding hydrogens is 332 g/mol. The Kier molecular flexibility index (Phi) is 3.03. The van der Waals surface area contributed by atoms with Crippen LogP contribution in [0.25, 0.3) is 43.8 Å². The van der Waals surface area contributed by atoms with E-state index in [9.17, 15) is 5.11 Å². The van der Waals surface area contributed by atoms with Crippen LogP contribution in [0, 0.1) is 0 Å². The van der Waals surface area contributed by atoms with E-state index in [1.54, 1.807) is 6.07 Å². The van der Waals surface area contributed by atoms with Gasteiger partial charge in [0.1, 0.15) is 11.3 Å². The van der Waals surface area contributed by atoms with Gasteiger partial charge in [-0.2, -0.15) is 0 Å². The van der Waals surface area contributed by atoms with Crippen LogP contribution < -0.4 is 0 Å². The molecule has 120 valence electrons. The lowest BCUT2D eigenvalue weighted by Crippen LogP contribution is -1.83. The fraction of sp³-hybridized carbons (Fsp3) is 0. The molecule has 2 nitrogen and oxygen atoms in total. The van der Waals surface area contributed by atoms with Crippen LogP contribution in [-0.4, -0.2) is 5.11 Å². The van der Waals surface area contributed by atoms with Gasteiger partial charge in [0.05, 0.1) is 5.02 Å². The van der Waals surface area contributed by atoms with Crippen LogP contribution in [-0.2, 0) is 0 Å². The molecule has 0 fully saturated rings. The van der Waals surface area contributed by atoms with E-state index in [1.165, 1.54) is 0 Å². The average molecular weight is 345 g/mol. The third-order valence-corrected chi connectivity index (χ3v) is 4.95. The highest BCUT2D eigenvalue weighted by Gasteiger charge is 2.16. The molecule has 1 N–H and O–H groups in total. The Bertz CT molecular complexity index is 1270. The maximum Gasteiger partial charge on any atom is 0.154 e. The van der Waals surface area contributed by atoms with Crippen molar-refractivity contribution >= 4 is 44.3 Å². The predicted octanol–water partition coefficient (Wildman–Crippen LogP) is 6.77. The van der Waals surface area contributed by atoms with Crippen LogP contribution in [0.1, 0.15) is 0 Å². The quantitative estimate of drug-likeness (QED) is 0.364. The fourth-order valence-electron chi connectivity index (χ4n) is 3.51. The Labute approximate surface area is 148 Å². The van der Waals surface area contributed by atoms with Gasteiger partial charge < -0.3 is 9.52 Å². The minimum atomic E-state index is 0.262. The van der Waals surface area contributed by atoms with E-state index >= 15 is 0 Å². The number of halogens is 1. The Hall–Kier alpha value is -2.97. The molecule has 0 unspecified atom stereocenters. The summed E-state index contributed by atoms with van der Waals surface area (Å²) in [5.41, 5.74) is 3.29. The van der Waals surface area contributed by atoms with Crippen molar-refractivity contribution in [3.8, 4) is 16.9 Å². The maximum absolute atomic E-state index is 10.4. The largest absolute Gasteiger partial charge is 0.507 e. The number of benzene rings is 4. The lowest BCUT2D eigenvalue weighted by atomic mass is 9.95. The highest BCUT2D eigenvalue weighted by atomic mass is 35.5. The molecule has 4 aromatic carbocycles. The molecule has 0 bridgehead atoms. The van der Waals surface area contributed by atoms with Gasteiger partial charge in [-0.3, -0.25) is 0 Å². The first-order valence-corrected chi connectivity index (χ1v) is 8.42. The SMILES string of the molecule is Oc1ccccc1-c1cc2c3cccc(Cl)c3oc2c2ccccc12. The van der Waals surface area contributed by atoms with Crippen molar-refractivity contribution in [3.63, 3.8) is 0 Å². The number of para-hydroxylation sites is 2. The predicted molar refractivity (Wildman–Crippen MR) is 103 cm³/mol. The lowest BCUT2D eigenvalue weighted by Gasteiger charge is -2.09. The van der Waals surface area contributed by atoms with E-state index in [0.717, 1.165) is 38.3 Å². The molecule has 0 amide bonds. The zero-order valence-electron chi connectivity index (χ0n) is 13.2. The third-order valence-electron chi connectivity index (χ3n) is 4.65. The number of hydrogen-bond acceptors (Lipinski definition) is 2. The van der Waals surface area contributed by atoms with Gasteiger partial charge in [-0.05, 0) is 29.1 Å². The number of phenolic OH excluding ortho intramolecular Hbond substituents is 1. The van der Waals surface area contributed by atoms with Crippen molar-refractivity contribution in [1.29, 1.82) is 0 Å². The van der Waals surface area contributed by atoms with Gasteiger partial charge in [0, 0.05) is 21.7 Å². The number of fused-ring (bicyclic) bond motifs is 5. The van der Waals surface area contributed by atoms with Crippen LogP contribution >= 0.6 is 11.6 Å². The first kappa shape index (κ1) is 14.4. The molecule has 0 aliphatic heterocycles. The van der Waals surface area contributed by atoms with Crippen molar-refractivity contribution in [2.24, 2.45) is 0 Å². The summed E-state index contributed by atoms with van der Waals surface area (Å²) in [4.78, 5) is 0. The maximum atomic E-state index is 10.4. The van der Waals surface area contributed by atoms with Crippen LogP contribution in [0.4, 0.5) is 0 Å². The first-order chi connectivity index (χ1) is 12.2. The molecule has 0 atom stereocenters. The Morgan fingerprint density at radius 3 is 2.16 bits per heavy atom. The summed E-state index contributed by atoms with van der Waals surface area (Å²) in [5.74, 6) is 0.262. The summed E-state index contributed by atoms with van der Waals surface area (Å²) in [6.07, 6.45) is 0. The van der Waals surface area contributed by atoms with Crippen molar-refractivity contribution in [2.45, 2.75) is 0 Å². The smallest absolute Gasteiger partial charge is 0.154 e. The van der Waals surface area contributed by atoms with Crippen molar-refractivity contribution < 1.29 is 9.52 Å². The summed E-state index contributed by atoms with van der Waals surface area (Å²) < 4.78 is 6.12. The molecule has 3 heteroatoms. The van der Waals surface area contributed by atoms with Crippen molar-refractivity contribution in [2.75, 3.05) is 0 Å². The van der Waals surface area contributed by atoms with Crippen LogP contribution in [0.3, 0.4) is 0 Å². The Balaban J connectivity index is 2.03. The zero-order valence-corrected chi connectivity index (χ0v) is 13.9. The first-order valence-electron chi connectivity index (χ1n) is 8.05. The average Bonchev–Trinajstić information content (AvgIpc) is 3.02. The molecule has 0 saturated carbocycles. The topological polar surface area (TPSA) is 33.4 Å². The lowest BCUT2D eigenvalue weighted by molar-refractivity contribution is 0.477. The number of aromatic hydroxyl groups is 1. The van der Waals surface area contributed by atoms with Gasteiger partial charge in [0.25, 0.3) is 0 Å². The minimum Gasteiger partial charge on any atom is -0.507 e. The van der Waals surface area contributed by atoms with E-state index in [4.69, 9.17) is 16.0 Å². The normalized spacial score (nSPS) is 11.6. The van der Waals surface area contributed by atoms with Crippen molar-refractivity contribution in [3.05, 3.63) is 77.8 Å². The summed E-state index contributed by atoms with van der Waals surface area (Å²) >= 11 is 6.33. The number of phenols is 1. The van der Waals surface area contributed by atoms with E-state index < -0.39 is 0 Å². The van der Waals surface area contributed by atoms with Crippen LogP contribution in [0.2, 0.25) is 5.02 Å². The Morgan fingerprint density at radius 1 is 0.640 bits per heavy atom. The van der Waals surface area contributed by atoms with Gasteiger partial charge >= 0.3 is 0 Å². The van der Waals surface area contributed by atoms with Crippen LogP contribution in [0.15, 0.2) is 77.2 Å².